The maximum Gasteiger partial charge on any atom is 0.187 e. The molecule has 0 radical (unpaired) electrons. The highest BCUT2D eigenvalue weighted by Crippen LogP contribution is 2.45. The summed E-state index contributed by atoms with van der Waals surface area (Å²) in [6.07, 6.45) is 0. The third-order valence-corrected chi connectivity index (χ3v) is 10.9. The van der Waals surface area contributed by atoms with Gasteiger partial charge in [-0.3, -0.25) is 0 Å². The zero-order valence-electron chi connectivity index (χ0n) is 32.5. The minimum Gasteiger partial charge on any atom is -0.308 e. The SMILES string of the molecule is [C-]#[N+]c1ccc(-c2ccc3c(c2)c2ccccc2n3-c2c(-c3cccc(C#N)c3)cc(-c3nc(-c4ccccc4)nc(-c4ccccc4)n3)cc2-c2cccc([N+]#[C-])c2)cc1. The Balaban J connectivity index is 1.32. The van der Waals surface area contributed by atoms with Crippen molar-refractivity contribution >= 4 is 33.2 Å². The van der Waals surface area contributed by atoms with Gasteiger partial charge in [-0.2, -0.15) is 5.26 Å². The number of nitriles is 1. The summed E-state index contributed by atoms with van der Waals surface area (Å²) in [4.78, 5) is 22.6. The average molecular weight is 778 g/mol. The Hall–Kier alpha value is -8.96. The van der Waals surface area contributed by atoms with Crippen LogP contribution < -0.4 is 0 Å². The van der Waals surface area contributed by atoms with Crippen molar-refractivity contribution in [3.63, 3.8) is 0 Å². The van der Waals surface area contributed by atoms with E-state index in [1.807, 2.05) is 140 Å². The molecule has 0 spiro atoms. The minimum absolute atomic E-state index is 0.482. The van der Waals surface area contributed by atoms with E-state index in [-0.39, 0.29) is 0 Å². The highest BCUT2D eigenvalue weighted by Gasteiger charge is 2.24. The van der Waals surface area contributed by atoms with Gasteiger partial charge in [-0.1, -0.05) is 140 Å². The number of rotatable bonds is 7. The lowest BCUT2D eigenvalue weighted by Gasteiger charge is -2.21. The van der Waals surface area contributed by atoms with Gasteiger partial charge in [0.05, 0.1) is 41.5 Å². The molecule has 61 heavy (non-hydrogen) atoms. The highest BCUT2D eigenvalue weighted by atomic mass is 15.0. The van der Waals surface area contributed by atoms with Crippen LogP contribution in [0.15, 0.2) is 188 Å². The molecule has 0 fully saturated rings. The second kappa shape index (κ2) is 15.4. The van der Waals surface area contributed by atoms with E-state index in [0.29, 0.717) is 34.4 Å². The summed E-state index contributed by atoms with van der Waals surface area (Å²) in [6, 6.07) is 64.2. The first-order valence-electron chi connectivity index (χ1n) is 19.6. The molecule has 0 atom stereocenters. The first-order chi connectivity index (χ1) is 30.1. The predicted molar refractivity (Wildman–Crippen MR) is 244 cm³/mol. The molecule has 0 saturated carbocycles. The van der Waals surface area contributed by atoms with E-state index in [4.69, 9.17) is 28.1 Å². The van der Waals surface area contributed by atoms with Crippen LogP contribution in [-0.2, 0) is 0 Å². The van der Waals surface area contributed by atoms with Gasteiger partial charge in [0.25, 0.3) is 0 Å². The molecule has 10 aromatic rings. The van der Waals surface area contributed by atoms with Crippen LogP contribution >= 0.6 is 0 Å². The Labute approximate surface area is 352 Å². The Bertz CT molecular complexity index is 3300. The van der Waals surface area contributed by atoms with Crippen LogP contribution in [0.5, 0.6) is 0 Å². The monoisotopic (exact) mass is 777 g/mol. The van der Waals surface area contributed by atoms with Gasteiger partial charge in [0.15, 0.2) is 28.8 Å². The molecular formula is C54H31N7. The normalized spacial score (nSPS) is 10.9. The number of fused-ring (bicyclic) bond motifs is 3. The highest BCUT2D eigenvalue weighted by molar-refractivity contribution is 6.12. The van der Waals surface area contributed by atoms with E-state index >= 15 is 0 Å². The molecule has 0 unspecified atom stereocenters. The van der Waals surface area contributed by atoms with E-state index in [0.717, 1.165) is 77.6 Å². The topological polar surface area (TPSA) is 76.1 Å². The molecule has 8 aromatic carbocycles. The Kier molecular flexibility index (Phi) is 9.20. The van der Waals surface area contributed by atoms with Gasteiger partial charge in [-0.25, -0.2) is 24.6 Å². The number of benzene rings is 8. The van der Waals surface area contributed by atoms with Gasteiger partial charge in [0.2, 0.25) is 0 Å². The lowest BCUT2D eigenvalue weighted by molar-refractivity contribution is 1.07. The number of para-hydroxylation sites is 1. The maximum absolute atomic E-state index is 10.2. The van der Waals surface area contributed by atoms with Crippen LogP contribution in [0, 0.1) is 24.5 Å². The lowest BCUT2D eigenvalue weighted by atomic mass is 9.91. The molecule has 0 bridgehead atoms. The second-order valence-electron chi connectivity index (χ2n) is 14.6. The number of nitrogens with zero attached hydrogens (tertiary/aromatic N) is 7. The molecule has 0 aliphatic heterocycles. The first kappa shape index (κ1) is 36.4. The van der Waals surface area contributed by atoms with Crippen LogP contribution in [0.4, 0.5) is 11.4 Å². The van der Waals surface area contributed by atoms with Crippen LogP contribution in [0.1, 0.15) is 5.56 Å². The predicted octanol–water partition coefficient (Wildman–Crippen LogP) is 13.9. The summed E-state index contributed by atoms with van der Waals surface area (Å²) >= 11 is 0. The van der Waals surface area contributed by atoms with Gasteiger partial charge in [0, 0.05) is 38.6 Å². The van der Waals surface area contributed by atoms with E-state index in [1.54, 1.807) is 0 Å². The third-order valence-electron chi connectivity index (χ3n) is 10.9. The summed E-state index contributed by atoms with van der Waals surface area (Å²) in [5.41, 5.74) is 12.4. The van der Waals surface area contributed by atoms with E-state index < -0.39 is 0 Å². The fourth-order valence-electron chi connectivity index (χ4n) is 8.00. The molecule has 0 saturated heterocycles. The minimum atomic E-state index is 0.482. The Morgan fingerprint density at radius 1 is 0.410 bits per heavy atom. The zero-order chi connectivity index (χ0) is 41.3. The molecule has 7 nitrogen and oxygen atoms in total. The quantitative estimate of drug-likeness (QED) is 0.151. The summed E-state index contributed by atoms with van der Waals surface area (Å²) < 4.78 is 2.30. The van der Waals surface area contributed by atoms with Gasteiger partial charge in [-0.15, -0.1) is 0 Å². The second-order valence-corrected chi connectivity index (χ2v) is 14.6. The molecule has 0 aliphatic rings. The molecule has 282 valence electrons. The molecule has 2 aromatic heterocycles. The van der Waals surface area contributed by atoms with Crippen molar-refractivity contribution in [2.45, 2.75) is 0 Å². The Morgan fingerprint density at radius 2 is 0.951 bits per heavy atom. The summed E-state index contributed by atoms with van der Waals surface area (Å²) in [7, 11) is 0. The maximum atomic E-state index is 10.2. The van der Waals surface area contributed by atoms with E-state index in [9.17, 15) is 5.26 Å². The standard InChI is InChI=1S/C54H31N7/c1-56-43-26-23-36(24-27-43)39-25-28-50-48(31-39)45-21-9-10-22-49(45)61(50)51-46(40-18-11-13-35(29-40)34-55)32-42(33-47(51)41-19-12-20-44(30-41)57-2)54-59-52(37-14-5-3-6-15-37)58-53(60-54)38-16-7-4-8-17-38/h3-33H. The van der Waals surface area contributed by atoms with Gasteiger partial charge in [-0.05, 0) is 70.8 Å². The molecule has 0 N–H and O–H groups in total. The van der Waals surface area contributed by atoms with E-state index in [1.165, 1.54) is 0 Å². The van der Waals surface area contributed by atoms with E-state index in [2.05, 4.69) is 68.9 Å². The molecule has 2 heterocycles. The number of aromatic nitrogens is 4. The molecule has 7 heteroatoms. The molecular weight excluding hydrogens is 747 g/mol. The van der Waals surface area contributed by atoms with Crippen molar-refractivity contribution in [3.8, 4) is 79.3 Å². The molecule has 0 aliphatic carbocycles. The van der Waals surface area contributed by atoms with Crippen LogP contribution in [0.25, 0.3) is 105 Å². The third kappa shape index (κ3) is 6.73. The number of hydrogen-bond donors (Lipinski definition) is 0. The summed E-state index contributed by atoms with van der Waals surface area (Å²) in [6.45, 7) is 15.4. The fraction of sp³-hybridized carbons (Fsp3) is 0. The van der Waals surface area contributed by atoms with Crippen LogP contribution in [-0.4, -0.2) is 19.5 Å². The van der Waals surface area contributed by atoms with Gasteiger partial charge < -0.3 is 4.57 Å². The summed E-state index contributed by atoms with van der Waals surface area (Å²) in [5, 5.41) is 12.3. The van der Waals surface area contributed by atoms with Crippen molar-refractivity contribution in [2.24, 2.45) is 0 Å². The van der Waals surface area contributed by atoms with Crippen molar-refractivity contribution < 1.29 is 0 Å². The van der Waals surface area contributed by atoms with Crippen molar-refractivity contribution in [2.75, 3.05) is 0 Å². The van der Waals surface area contributed by atoms with Crippen molar-refractivity contribution in [3.05, 3.63) is 216 Å². The van der Waals surface area contributed by atoms with Crippen LogP contribution in [0.2, 0.25) is 0 Å². The van der Waals surface area contributed by atoms with Crippen molar-refractivity contribution in [1.29, 1.82) is 5.26 Å². The fourth-order valence-corrected chi connectivity index (χ4v) is 8.00. The van der Waals surface area contributed by atoms with Gasteiger partial charge in [0.1, 0.15) is 0 Å². The molecule has 10 rings (SSSR count). The molecule has 0 amide bonds. The average Bonchev–Trinajstić information content (AvgIpc) is 3.67. The van der Waals surface area contributed by atoms with Crippen LogP contribution in [0.3, 0.4) is 0 Å². The summed E-state index contributed by atoms with van der Waals surface area (Å²) in [5.74, 6) is 1.57. The lowest BCUT2D eigenvalue weighted by Crippen LogP contribution is -2.04. The number of hydrogen-bond acceptors (Lipinski definition) is 4. The van der Waals surface area contributed by atoms with Crippen molar-refractivity contribution in [1.82, 2.24) is 19.5 Å². The Morgan fingerprint density at radius 3 is 1.59 bits per heavy atom. The largest absolute Gasteiger partial charge is 0.308 e. The first-order valence-corrected chi connectivity index (χ1v) is 19.6. The van der Waals surface area contributed by atoms with Gasteiger partial charge >= 0.3 is 0 Å². The smallest absolute Gasteiger partial charge is 0.187 e. The zero-order valence-corrected chi connectivity index (χ0v) is 32.5.